The second-order valence-electron chi connectivity index (χ2n) is 5.33. The standard InChI is InChI=1S/C14H20N2O2/c1-10-7-12(9-13(8-10)16(17)18)15-14-6-4-3-5-11(14)2/h7-9,11,14-15H,3-6H2,1-2H3. The third kappa shape index (κ3) is 3.00. The molecule has 1 fully saturated rings. The molecule has 2 atom stereocenters. The van der Waals surface area contributed by atoms with Crippen LogP contribution in [0.5, 0.6) is 0 Å². The van der Waals surface area contributed by atoms with Crippen LogP contribution < -0.4 is 5.32 Å². The van der Waals surface area contributed by atoms with E-state index in [9.17, 15) is 10.1 Å². The number of nitrogens with one attached hydrogen (secondary N) is 1. The molecule has 2 rings (SSSR count). The first-order valence-corrected chi connectivity index (χ1v) is 6.59. The van der Waals surface area contributed by atoms with Gasteiger partial charge in [-0.3, -0.25) is 10.1 Å². The minimum Gasteiger partial charge on any atom is -0.382 e. The molecule has 1 aromatic rings. The molecule has 98 valence electrons. The Morgan fingerprint density at radius 1 is 1.28 bits per heavy atom. The zero-order valence-corrected chi connectivity index (χ0v) is 11.0. The van der Waals surface area contributed by atoms with Crippen LogP contribution in [-0.2, 0) is 0 Å². The molecule has 1 aliphatic carbocycles. The van der Waals surface area contributed by atoms with Crippen molar-refractivity contribution >= 4 is 11.4 Å². The van der Waals surface area contributed by atoms with E-state index in [-0.39, 0.29) is 10.6 Å². The Labute approximate surface area is 108 Å². The lowest BCUT2D eigenvalue weighted by atomic mass is 9.86. The number of nitrogens with zero attached hydrogens (tertiary/aromatic N) is 1. The molecule has 1 aromatic carbocycles. The van der Waals surface area contributed by atoms with E-state index >= 15 is 0 Å². The molecule has 0 aliphatic heterocycles. The van der Waals surface area contributed by atoms with Gasteiger partial charge in [0.15, 0.2) is 0 Å². The number of nitro benzene ring substituents is 1. The smallest absolute Gasteiger partial charge is 0.271 e. The van der Waals surface area contributed by atoms with Gasteiger partial charge in [0.05, 0.1) is 4.92 Å². The van der Waals surface area contributed by atoms with Gasteiger partial charge in [0, 0.05) is 23.9 Å². The second-order valence-corrected chi connectivity index (χ2v) is 5.33. The molecule has 0 aromatic heterocycles. The quantitative estimate of drug-likeness (QED) is 0.652. The van der Waals surface area contributed by atoms with E-state index in [1.807, 2.05) is 13.0 Å². The molecule has 18 heavy (non-hydrogen) atoms. The van der Waals surface area contributed by atoms with Crippen LogP contribution in [0.25, 0.3) is 0 Å². The Morgan fingerprint density at radius 3 is 2.67 bits per heavy atom. The SMILES string of the molecule is Cc1cc(NC2CCCCC2C)cc([N+](=O)[O-])c1. The third-order valence-corrected chi connectivity index (χ3v) is 3.74. The van der Waals surface area contributed by atoms with Gasteiger partial charge in [-0.15, -0.1) is 0 Å². The number of hydrogen-bond acceptors (Lipinski definition) is 3. The molecule has 0 saturated heterocycles. The summed E-state index contributed by atoms with van der Waals surface area (Å²) in [6.07, 6.45) is 4.94. The van der Waals surface area contributed by atoms with Crippen molar-refractivity contribution < 1.29 is 4.92 Å². The Hall–Kier alpha value is -1.58. The summed E-state index contributed by atoms with van der Waals surface area (Å²) >= 11 is 0. The van der Waals surface area contributed by atoms with E-state index in [0.29, 0.717) is 12.0 Å². The highest BCUT2D eigenvalue weighted by atomic mass is 16.6. The van der Waals surface area contributed by atoms with Crippen LogP contribution in [0.15, 0.2) is 18.2 Å². The van der Waals surface area contributed by atoms with Crippen LogP contribution in [0.4, 0.5) is 11.4 Å². The van der Waals surface area contributed by atoms with Crippen LogP contribution >= 0.6 is 0 Å². The molecule has 0 radical (unpaired) electrons. The van der Waals surface area contributed by atoms with Gasteiger partial charge < -0.3 is 5.32 Å². The fraction of sp³-hybridized carbons (Fsp3) is 0.571. The van der Waals surface area contributed by atoms with Crippen molar-refractivity contribution in [1.82, 2.24) is 0 Å². The third-order valence-electron chi connectivity index (χ3n) is 3.74. The van der Waals surface area contributed by atoms with Gasteiger partial charge in [0.2, 0.25) is 0 Å². The topological polar surface area (TPSA) is 55.2 Å². The maximum atomic E-state index is 10.8. The molecule has 0 heterocycles. The number of benzene rings is 1. The Bertz CT molecular complexity index is 445. The van der Waals surface area contributed by atoms with Crippen LogP contribution in [-0.4, -0.2) is 11.0 Å². The van der Waals surface area contributed by atoms with Gasteiger partial charge >= 0.3 is 0 Å². The van der Waals surface area contributed by atoms with Crippen molar-refractivity contribution in [2.24, 2.45) is 5.92 Å². The summed E-state index contributed by atoms with van der Waals surface area (Å²) in [5.74, 6) is 0.637. The van der Waals surface area contributed by atoms with E-state index < -0.39 is 0 Å². The van der Waals surface area contributed by atoms with Crippen molar-refractivity contribution in [1.29, 1.82) is 0 Å². The van der Waals surface area contributed by atoms with E-state index in [4.69, 9.17) is 0 Å². The molecule has 2 unspecified atom stereocenters. The largest absolute Gasteiger partial charge is 0.382 e. The van der Waals surface area contributed by atoms with Crippen LogP contribution in [0.1, 0.15) is 38.2 Å². The van der Waals surface area contributed by atoms with Crippen LogP contribution in [0, 0.1) is 23.0 Å². The fourth-order valence-electron chi connectivity index (χ4n) is 2.70. The summed E-state index contributed by atoms with van der Waals surface area (Å²) < 4.78 is 0. The van der Waals surface area contributed by atoms with Crippen molar-refractivity contribution in [2.75, 3.05) is 5.32 Å². The Kier molecular flexibility index (Phi) is 3.84. The second kappa shape index (κ2) is 5.38. The van der Waals surface area contributed by atoms with Gasteiger partial charge in [0.25, 0.3) is 5.69 Å². The van der Waals surface area contributed by atoms with Gasteiger partial charge in [-0.05, 0) is 37.3 Å². The number of hydrogen-bond donors (Lipinski definition) is 1. The number of nitro groups is 1. The van der Waals surface area contributed by atoms with Gasteiger partial charge in [-0.1, -0.05) is 19.8 Å². The normalized spacial score (nSPS) is 23.7. The summed E-state index contributed by atoms with van der Waals surface area (Å²) in [5, 5.41) is 14.3. The number of rotatable bonds is 3. The average molecular weight is 248 g/mol. The highest BCUT2D eigenvalue weighted by Crippen LogP contribution is 2.28. The molecule has 0 amide bonds. The van der Waals surface area contributed by atoms with Crippen LogP contribution in [0.2, 0.25) is 0 Å². The first-order valence-electron chi connectivity index (χ1n) is 6.59. The fourth-order valence-corrected chi connectivity index (χ4v) is 2.70. The molecule has 0 bridgehead atoms. The van der Waals surface area contributed by atoms with Crippen LogP contribution in [0.3, 0.4) is 0 Å². The first-order chi connectivity index (χ1) is 8.56. The zero-order chi connectivity index (χ0) is 13.1. The molecule has 1 saturated carbocycles. The van der Waals surface area contributed by atoms with Gasteiger partial charge in [0.1, 0.15) is 0 Å². The van der Waals surface area contributed by atoms with Crippen molar-refractivity contribution in [2.45, 2.75) is 45.6 Å². The number of aryl methyl sites for hydroxylation is 1. The molecule has 1 aliphatic rings. The molecular weight excluding hydrogens is 228 g/mol. The predicted molar refractivity (Wildman–Crippen MR) is 72.9 cm³/mol. The highest BCUT2D eigenvalue weighted by Gasteiger charge is 2.21. The Balaban J connectivity index is 2.15. The predicted octanol–water partition coefficient (Wildman–Crippen LogP) is 3.89. The maximum absolute atomic E-state index is 10.8. The van der Waals surface area contributed by atoms with E-state index in [1.165, 1.54) is 19.3 Å². The molecule has 4 heteroatoms. The highest BCUT2D eigenvalue weighted by molar-refractivity contribution is 5.54. The minimum absolute atomic E-state index is 0.168. The van der Waals surface area contributed by atoms with Crippen molar-refractivity contribution in [3.8, 4) is 0 Å². The molecule has 1 N–H and O–H groups in total. The summed E-state index contributed by atoms with van der Waals surface area (Å²) in [6, 6.07) is 5.66. The summed E-state index contributed by atoms with van der Waals surface area (Å²) in [5.41, 5.74) is 1.97. The first kappa shape index (κ1) is 12.9. The van der Waals surface area contributed by atoms with E-state index in [2.05, 4.69) is 12.2 Å². The lowest BCUT2D eigenvalue weighted by molar-refractivity contribution is -0.384. The maximum Gasteiger partial charge on any atom is 0.271 e. The lowest BCUT2D eigenvalue weighted by Crippen LogP contribution is -2.30. The number of non-ortho nitro benzene ring substituents is 1. The van der Waals surface area contributed by atoms with Crippen molar-refractivity contribution in [3.05, 3.63) is 33.9 Å². The molecule has 0 spiro atoms. The average Bonchev–Trinajstić information content (AvgIpc) is 2.31. The zero-order valence-electron chi connectivity index (χ0n) is 11.0. The monoisotopic (exact) mass is 248 g/mol. The van der Waals surface area contributed by atoms with Gasteiger partial charge in [-0.25, -0.2) is 0 Å². The van der Waals surface area contributed by atoms with E-state index in [1.54, 1.807) is 12.1 Å². The van der Waals surface area contributed by atoms with Crippen molar-refractivity contribution in [3.63, 3.8) is 0 Å². The van der Waals surface area contributed by atoms with Gasteiger partial charge in [-0.2, -0.15) is 0 Å². The number of anilines is 1. The molecule has 4 nitrogen and oxygen atoms in total. The summed E-state index contributed by atoms with van der Waals surface area (Å²) in [7, 11) is 0. The Morgan fingerprint density at radius 2 is 2.00 bits per heavy atom. The summed E-state index contributed by atoms with van der Waals surface area (Å²) in [4.78, 5) is 10.5. The van der Waals surface area contributed by atoms with E-state index in [0.717, 1.165) is 17.7 Å². The summed E-state index contributed by atoms with van der Waals surface area (Å²) in [6.45, 7) is 4.14. The molecular formula is C14H20N2O2. The lowest BCUT2D eigenvalue weighted by Gasteiger charge is -2.30. The minimum atomic E-state index is -0.331.